The van der Waals surface area contributed by atoms with Crippen molar-refractivity contribution in [2.75, 3.05) is 7.11 Å². The molecular weight excluding hydrogens is 350 g/mol. The maximum absolute atomic E-state index is 11.7. The molecule has 0 aliphatic heterocycles. The van der Waals surface area contributed by atoms with Crippen LogP contribution in [-0.4, -0.2) is 29.2 Å². The van der Waals surface area contributed by atoms with Crippen molar-refractivity contribution in [3.63, 3.8) is 0 Å². The third-order valence-corrected chi connectivity index (χ3v) is 3.88. The summed E-state index contributed by atoms with van der Waals surface area (Å²) in [5, 5.41) is 11.5. The van der Waals surface area contributed by atoms with Crippen molar-refractivity contribution in [3.8, 4) is 17.2 Å². The van der Waals surface area contributed by atoms with E-state index in [-0.39, 0.29) is 12.1 Å². The van der Waals surface area contributed by atoms with E-state index in [9.17, 15) is 9.59 Å². The van der Waals surface area contributed by atoms with E-state index in [0.717, 1.165) is 5.56 Å². The van der Waals surface area contributed by atoms with E-state index >= 15 is 0 Å². The van der Waals surface area contributed by atoms with E-state index in [1.807, 2.05) is 0 Å². The molecule has 2 amide bonds. The normalized spacial score (nSPS) is 10.4. The Morgan fingerprint density at radius 3 is 2.52 bits per heavy atom. The summed E-state index contributed by atoms with van der Waals surface area (Å²) < 4.78 is 11.1. The zero-order valence-electron chi connectivity index (χ0n) is 14.4. The van der Waals surface area contributed by atoms with Crippen LogP contribution in [0.3, 0.4) is 0 Å². The third kappa shape index (κ3) is 4.06. The van der Waals surface area contributed by atoms with E-state index in [4.69, 9.17) is 20.3 Å². The fraction of sp³-hybridized carbons (Fsp3) is 0.105. The molecule has 0 saturated carbocycles. The first kappa shape index (κ1) is 18.0. The van der Waals surface area contributed by atoms with Gasteiger partial charge in [-0.05, 0) is 29.8 Å². The molecule has 27 heavy (non-hydrogen) atoms. The average Bonchev–Trinajstić information content (AvgIpc) is 2.66. The Morgan fingerprint density at radius 2 is 1.89 bits per heavy atom. The summed E-state index contributed by atoms with van der Waals surface area (Å²) in [7, 11) is 1.45. The Morgan fingerprint density at radius 1 is 1.15 bits per heavy atom. The molecule has 138 valence electrons. The molecule has 0 spiro atoms. The van der Waals surface area contributed by atoms with Crippen molar-refractivity contribution in [1.82, 2.24) is 10.3 Å². The number of primary amides is 1. The highest BCUT2D eigenvalue weighted by Gasteiger charge is 2.14. The highest BCUT2D eigenvalue weighted by Crippen LogP contribution is 2.33. The van der Waals surface area contributed by atoms with Crippen molar-refractivity contribution in [3.05, 3.63) is 59.8 Å². The summed E-state index contributed by atoms with van der Waals surface area (Å²) in [6.07, 6.45) is 0.505. The molecule has 1 aromatic heterocycles. The van der Waals surface area contributed by atoms with Crippen LogP contribution < -0.4 is 20.5 Å². The average molecular weight is 367 g/mol. The van der Waals surface area contributed by atoms with Crippen LogP contribution in [-0.2, 0) is 6.54 Å². The lowest BCUT2D eigenvalue weighted by Crippen LogP contribution is -2.19. The summed E-state index contributed by atoms with van der Waals surface area (Å²) in [4.78, 5) is 26.5. The highest BCUT2D eigenvalue weighted by molar-refractivity contribution is 6.01. The lowest BCUT2D eigenvalue weighted by Gasteiger charge is -2.12. The third-order valence-electron chi connectivity index (χ3n) is 3.88. The van der Waals surface area contributed by atoms with E-state index in [1.54, 1.807) is 48.7 Å². The van der Waals surface area contributed by atoms with Gasteiger partial charge < -0.3 is 25.6 Å². The molecule has 0 saturated heterocycles. The van der Waals surface area contributed by atoms with Gasteiger partial charge in [-0.1, -0.05) is 12.1 Å². The number of ether oxygens (including phenoxy) is 2. The molecule has 8 nitrogen and oxygen atoms in total. The number of pyridine rings is 1. The Bertz CT molecular complexity index is 1000. The fourth-order valence-corrected chi connectivity index (χ4v) is 2.58. The first-order valence-corrected chi connectivity index (χ1v) is 7.98. The molecule has 3 aromatic rings. The summed E-state index contributed by atoms with van der Waals surface area (Å²) in [5.41, 5.74) is 7.05. The van der Waals surface area contributed by atoms with Gasteiger partial charge in [-0.2, -0.15) is 0 Å². The zero-order chi connectivity index (χ0) is 19.4. The molecule has 1 heterocycles. The van der Waals surface area contributed by atoms with Gasteiger partial charge >= 0.3 is 6.09 Å². The number of nitrogens with two attached hydrogens (primary N) is 1. The topological polar surface area (TPSA) is 124 Å². The first-order chi connectivity index (χ1) is 13.0. The molecule has 4 N–H and O–H groups in total. The molecule has 0 atom stereocenters. The number of rotatable bonds is 6. The standard InChI is InChI=1S/C19H17N3O5/c1-26-17-9-15-13(8-14(17)18(20)23)16(6-7-21-15)27-12-4-2-11(3-5-12)10-22-19(24)25/h2-9,22H,10H2,1H3,(H2,20,23)(H,24,25). The van der Waals surface area contributed by atoms with Crippen LogP contribution >= 0.6 is 0 Å². The summed E-state index contributed by atoms with van der Waals surface area (Å²) in [6.45, 7) is 0.204. The van der Waals surface area contributed by atoms with E-state index in [2.05, 4.69) is 10.3 Å². The number of methoxy groups -OCH3 is 1. The number of nitrogens with one attached hydrogen (secondary N) is 1. The minimum absolute atomic E-state index is 0.204. The first-order valence-electron chi connectivity index (χ1n) is 7.98. The van der Waals surface area contributed by atoms with Crippen LogP contribution in [0, 0.1) is 0 Å². The Balaban J connectivity index is 1.91. The number of hydrogen-bond donors (Lipinski definition) is 3. The molecule has 8 heteroatoms. The lowest BCUT2D eigenvalue weighted by atomic mass is 10.1. The van der Waals surface area contributed by atoms with Crippen molar-refractivity contribution in [2.45, 2.75) is 6.54 Å². The van der Waals surface area contributed by atoms with Crippen molar-refractivity contribution in [2.24, 2.45) is 5.73 Å². The fourth-order valence-electron chi connectivity index (χ4n) is 2.58. The Labute approximate surface area is 154 Å². The lowest BCUT2D eigenvalue weighted by molar-refractivity contribution is 0.0997. The summed E-state index contributed by atoms with van der Waals surface area (Å²) in [5.74, 6) is 0.786. The number of hydrogen-bond acceptors (Lipinski definition) is 5. The molecule has 0 fully saturated rings. The van der Waals surface area contributed by atoms with Gasteiger partial charge in [0.15, 0.2) is 0 Å². The second-order valence-corrected chi connectivity index (χ2v) is 5.65. The smallest absolute Gasteiger partial charge is 0.404 e. The molecule has 0 unspecified atom stereocenters. The Kier molecular flexibility index (Phi) is 5.07. The van der Waals surface area contributed by atoms with Crippen molar-refractivity contribution >= 4 is 22.9 Å². The van der Waals surface area contributed by atoms with Crippen LogP contribution in [0.1, 0.15) is 15.9 Å². The second kappa shape index (κ2) is 7.61. The molecule has 2 aromatic carbocycles. The number of carbonyl (C=O) groups is 2. The van der Waals surface area contributed by atoms with Gasteiger partial charge in [0.25, 0.3) is 5.91 Å². The van der Waals surface area contributed by atoms with Gasteiger partial charge in [-0.3, -0.25) is 9.78 Å². The predicted molar refractivity (Wildman–Crippen MR) is 98.2 cm³/mol. The predicted octanol–water partition coefficient (Wildman–Crippen LogP) is 2.90. The van der Waals surface area contributed by atoms with Crippen LogP contribution in [0.25, 0.3) is 10.9 Å². The number of fused-ring (bicyclic) bond motifs is 1. The molecule has 3 rings (SSSR count). The highest BCUT2D eigenvalue weighted by atomic mass is 16.5. The molecule has 0 radical (unpaired) electrons. The number of aromatic nitrogens is 1. The molecule has 0 aliphatic carbocycles. The summed E-state index contributed by atoms with van der Waals surface area (Å²) in [6, 6.07) is 11.9. The van der Waals surface area contributed by atoms with Crippen molar-refractivity contribution < 1.29 is 24.2 Å². The monoisotopic (exact) mass is 367 g/mol. The maximum atomic E-state index is 11.7. The maximum Gasteiger partial charge on any atom is 0.404 e. The number of benzene rings is 2. The van der Waals surface area contributed by atoms with E-state index in [1.165, 1.54) is 7.11 Å². The molecular formula is C19H17N3O5. The number of amides is 2. The number of nitrogens with zero attached hydrogens (tertiary/aromatic N) is 1. The van der Waals surface area contributed by atoms with Crippen LogP contribution in [0.2, 0.25) is 0 Å². The van der Waals surface area contributed by atoms with Gasteiger partial charge in [0.1, 0.15) is 17.2 Å². The van der Waals surface area contributed by atoms with Crippen LogP contribution in [0.4, 0.5) is 4.79 Å². The number of carbonyl (C=O) groups excluding carboxylic acids is 1. The Hall–Kier alpha value is -3.81. The zero-order valence-corrected chi connectivity index (χ0v) is 14.4. The summed E-state index contributed by atoms with van der Waals surface area (Å²) >= 11 is 0. The van der Waals surface area contributed by atoms with E-state index < -0.39 is 12.0 Å². The van der Waals surface area contributed by atoms with Crippen LogP contribution in [0.15, 0.2) is 48.7 Å². The quantitative estimate of drug-likeness (QED) is 0.615. The van der Waals surface area contributed by atoms with Gasteiger partial charge in [0.05, 0.1) is 18.2 Å². The SMILES string of the molecule is COc1cc2nccc(Oc3ccc(CNC(=O)O)cc3)c2cc1C(N)=O. The van der Waals surface area contributed by atoms with Crippen molar-refractivity contribution in [1.29, 1.82) is 0 Å². The van der Waals surface area contributed by atoms with Gasteiger partial charge in [0, 0.05) is 24.2 Å². The minimum Gasteiger partial charge on any atom is -0.496 e. The largest absolute Gasteiger partial charge is 0.496 e. The van der Waals surface area contributed by atoms with Crippen LogP contribution in [0.5, 0.6) is 17.2 Å². The van der Waals surface area contributed by atoms with E-state index in [0.29, 0.717) is 28.2 Å². The molecule has 0 bridgehead atoms. The minimum atomic E-state index is -1.08. The van der Waals surface area contributed by atoms with Gasteiger partial charge in [-0.15, -0.1) is 0 Å². The van der Waals surface area contributed by atoms with Gasteiger partial charge in [0.2, 0.25) is 0 Å². The number of carboxylic acid groups (broad SMARTS) is 1. The second-order valence-electron chi connectivity index (χ2n) is 5.65. The van der Waals surface area contributed by atoms with Gasteiger partial charge in [-0.25, -0.2) is 4.79 Å². The molecule has 0 aliphatic rings.